The Morgan fingerprint density at radius 3 is 1.38 bits per heavy atom. The Hall–Kier alpha value is -1.84. The zero-order chi connectivity index (χ0) is 34.3. The molecule has 0 rings (SSSR count). The lowest BCUT2D eigenvalue weighted by Gasteiger charge is -2.15. The van der Waals surface area contributed by atoms with Gasteiger partial charge in [-0.15, -0.1) is 0 Å². The van der Waals surface area contributed by atoms with Gasteiger partial charge < -0.3 is 9.84 Å². The summed E-state index contributed by atoms with van der Waals surface area (Å²) in [4.78, 5) is 23.3. The van der Waals surface area contributed by atoms with Crippen molar-refractivity contribution < 1.29 is 19.4 Å². The van der Waals surface area contributed by atoms with Crippen LogP contribution < -0.4 is 0 Å². The van der Waals surface area contributed by atoms with Crippen molar-refractivity contribution in [3.8, 4) is 0 Å². The van der Waals surface area contributed by atoms with Crippen LogP contribution in [0.5, 0.6) is 0 Å². The molecule has 1 unspecified atom stereocenters. The number of hydrogen-bond acceptors (Lipinski definition) is 3. The van der Waals surface area contributed by atoms with Crippen molar-refractivity contribution in [1.82, 2.24) is 0 Å². The largest absolute Gasteiger partial charge is 0.481 e. The van der Waals surface area contributed by atoms with Gasteiger partial charge in [0.15, 0.2) is 0 Å². The van der Waals surface area contributed by atoms with Gasteiger partial charge >= 0.3 is 11.9 Å². The SMILES string of the molecule is CCCCCCC/C=C\C/C=C\CCCCCCCCCCCC(=O)OC(/C=C\CCCCCCCCC)CCCCCCC(=O)O. The Bertz CT molecular complexity index is 753. The van der Waals surface area contributed by atoms with Crippen molar-refractivity contribution in [2.45, 2.75) is 225 Å². The van der Waals surface area contributed by atoms with Crippen molar-refractivity contribution in [1.29, 1.82) is 0 Å². The summed E-state index contributed by atoms with van der Waals surface area (Å²) in [5.41, 5.74) is 0. The van der Waals surface area contributed by atoms with E-state index in [-0.39, 0.29) is 18.5 Å². The van der Waals surface area contributed by atoms with Crippen molar-refractivity contribution in [3.63, 3.8) is 0 Å². The smallest absolute Gasteiger partial charge is 0.306 e. The molecule has 4 heteroatoms. The lowest BCUT2D eigenvalue weighted by Crippen LogP contribution is -2.16. The van der Waals surface area contributed by atoms with Gasteiger partial charge in [-0.25, -0.2) is 0 Å². The molecule has 0 saturated carbocycles. The Morgan fingerprint density at radius 1 is 0.489 bits per heavy atom. The summed E-state index contributed by atoms with van der Waals surface area (Å²) in [6.45, 7) is 4.53. The monoisotopic (exact) mass is 659 g/mol. The van der Waals surface area contributed by atoms with E-state index in [0.29, 0.717) is 6.42 Å². The normalized spacial score (nSPS) is 12.6. The first-order chi connectivity index (χ1) is 23.1. The lowest BCUT2D eigenvalue weighted by atomic mass is 10.1. The molecule has 0 aliphatic heterocycles. The molecule has 0 saturated heterocycles. The second-order valence-electron chi connectivity index (χ2n) is 13.8. The Balaban J connectivity index is 3.90. The van der Waals surface area contributed by atoms with Crippen LogP contribution in [0.25, 0.3) is 0 Å². The number of ether oxygens (including phenoxy) is 1. The van der Waals surface area contributed by atoms with Gasteiger partial charge in [-0.3, -0.25) is 9.59 Å². The van der Waals surface area contributed by atoms with Crippen LogP contribution in [-0.4, -0.2) is 23.1 Å². The average Bonchev–Trinajstić information content (AvgIpc) is 3.05. The highest BCUT2D eigenvalue weighted by atomic mass is 16.5. The second-order valence-corrected chi connectivity index (χ2v) is 13.8. The fraction of sp³-hybridized carbons (Fsp3) is 0.814. The molecule has 0 fully saturated rings. The molecule has 0 spiro atoms. The molecule has 0 aliphatic carbocycles. The molecule has 1 atom stereocenters. The number of esters is 1. The summed E-state index contributed by atoms with van der Waals surface area (Å²) < 4.78 is 5.88. The van der Waals surface area contributed by atoms with Crippen molar-refractivity contribution in [3.05, 3.63) is 36.5 Å². The van der Waals surface area contributed by atoms with Gasteiger partial charge in [0.1, 0.15) is 6.10 Å². The molecule has 0 radical (unpaired) electrons. The number of allylic oxidation sites excluding steroid dienone is 5. The van der Waals surface area contributed by atoms with Crippen LogP contribution in [0.4, 0.5) is 0 Å². The molecule has 0 amide bonds. The summed E-state index contributed by atoms with van der Waals surface area (Å²) in [5, 5.41) is 8.83. The van der Waals surface area contributed by atoms with Crippen LogP contribution in [0.1, 0.15) is 219 Å². The first-order valence-corrected chi connectivity index (χ1v) is 20.5. The van der Waals surface area contributed by atoms with E-state index in [0.717, 1.165) is 57.8 Å². The summed E-state index contributed by atoms with van der Waals surface area (Å²) in [6, 6.07) is 0. The summed E-state index contributed by atoms with van der Waals surface area (Å²) >= 11 is 0. The molecule has 0 aliphatic rings. The quantitative estimate of drug-likeness (QED) is 0.0410. The number of rotatable bonds is 37. The van der Waals surface area contributed by atoms with Gasteiger partial charge in [0.25, 0.3) is 0 Å². The first-order valence-electron chi connectivity index (χ1n) is 20.5. The molecule has 4 nitrogen and oxygen atoms in total. The predicted octanol–water partition coefficient (Wildman–Crippen LogP) is 14.2. The Kier molecular flexibility index (Phi) is 37.1. The van der Waals surface area contributed by atoms with Crippen LogP contribution >= 0.6 is 0 Å². The standard InChI is InChI=1S/C43H78O4/c1-3-5-7-9-11-13-14-15-16-17-18-19-20-21-22-23-24-26-28-30-36-40-43(46)47-41(38-34-31-32-35-39-42(44)45)37-33-29-27-25-12-10-8-6-4-2/h14-15,17-18,33,37,41H,3-13,16,19-32,34-36,38-40H2,1-2H3,(H,44,45)/b15-14-,18-17-,37-33-. The molecule has 1 N–H and O–H groups in total. The maximum atomic E-state index is 12.6. The van der Waals surface area contributed by atoms with Gasteiger partial charge in [0.05, 0.1) is 0 Å². The molecule has 274 valence electrons. The van der Waals surface area contributed by atoms with Gasteiger partial charge in [-0.1, -0.05) is 166 Å². The first kappa shape index (κ1) is 45.2. The van der Waals surface area contributed by atoms with Crippen LogP contribution in [0.2, 0.25) is 0 Å². The van der Waals surface area contributed by atoms with E-state index in [9.17, 15) is 9.59 Å². The van der Waals surface area contributed by atoms with Gasteiger partial charge in [0.2, 0.25) is 0 Å². The number of carbonyl (C=O) groups excluding carboxylic acids is 1. The van der Waals surface area contributed by atoms with E-state index in [1.54, 1.807) is 0 Å². The van der Waals surface area contributed by atoms with Crippen LogP contribution in [0, 0.1) is 0 Å². The summed E-state index contributed by atoms with van der Waals surface area (Å²) in [5.74, 6) is -0.786. The fourth-order valence-electron chi connectivity index (χ4n) is 6.01. The molecule has 0 aromatic rings. The fourth-order valence-corrected chi connectivity index (χ4v) is 6.01. The number of hydrogen-bond donors (Lipinski definition) is 1. The minimum absolute atomic E-state index is 0.0654. The maximum absolute atomic E-state index is 12.6. The van der Waals surface area contributed by atoms with E-state index in [4.69, 9.17) is 9.84 Å². The molecular weight excluding hydrogens is 580 g/mol. The third kappa shape index (κ3) is 38.5. The molecule has 0 bridgehead atoms. The minimum atomic E-state index is -0.721. The van der Waals surface area contributed by atoms with E-state index in [2.05, 4.69) is 50.3 Å². The number of carbonyl (C=O) groups is 2. The second kappa shape index (κ2) is 38.6. The number of unbranched alkanes of at least 4 members (excludes halogenated alkanes) is 24. The van der Waals surface area contributed by atoms with E-state index >= 15 is 0 Å². The van der Waals surface area contributed by atoms with Crippen molar-refractivity contribution in [2.75, 3.05) is 0 Å². The Morgan fingerprint density at radius 2 is 0.894 bits per heavy atom. The Labute approximate surface area is 292 Å². The highest BCUT2D eigenvalue weighted by Crippen LogP contribution is 2.16. The summed E-state index contributed by atoms with van der Waals surface area (Å²) in [7, 11) is 0. The summed E-state index contributed by atoms with van der Waals surface area (Å²) in [6.07, 6.45) is 50.4. The van der Waals surface area contributed by atoms with E-state index in [1.165, 1.54) is 135 Å². The van der Waals surface area contributed by atoms with Crippen LogP contribution in [0.15, 0.2) is 36.5 Å². The third-order valence-corrected chi connectivity index (χ3v) is 9.07. The maximum Gasteiger partial charge on any atom is 0.306 e. The number of carboxylic acid groups (broad SMARTS) is 1. The molecule has 0 heterocycles. The lowest BCUT2D eigenvalue weighted by molar-refractivity contribution is -0.147. The highest BCUT2D eigenvalue weighted by molar-refractivity contribution is 5.69. The highest BCUT2D eigenvalue weighted by Gasteiger charge is 2.11. The molecular formula is C43H78O4. The zero-order valence-electron chi connectivity index (χ0n) is 31.3. The van der Waals surface area contributed by atoms with Crippen LogP contribution in [-0.2, 0) is 14.3 Å². The molecule has 47 heavy (non-hydrogen) atoms. The molecule has 0 aromatic heterocycles. The van der Waals surface area contributed by atoms with Crippen LogP contribution in [0.3, 0.4) is 0 Å². The van der Waals surface area contributed by atoms with Gasteiger partial charge in [-0.2, -0.15) is 0 Å². The van der Waals surface area contributed by atoms with Gasteiger partial charge in [0, 0.05) is 12.8 Å². The molecule has 0 aromatic carbocycles. The number of aliphatic carboxylic acids is 1. The average molecular weight is 659 g/mol. The predicted molar refractivity (Wildman–Crippen MR) is 204 cm³/mol. The number of carboxylic acids is 1. The van der Waals surface area contributed by atoms with Gasteiger partial charge in [-0.05, 0) is 76.7 Å². The zero-order valence-corrected chi connectivity index (χ0v) is 31.3. The minimum Gasteiger partial charge on any atom is -0.481 e. The topological polar surface area (TPSA) is 63.6 Å². The van der Waals surface area contributed by atoms with Crippen molar-refractivity contribution in [2.24, 2.45) is 0 Å². The third-order valence-electron chi connectivity index (χ3n) is 9.07. The van der Waals surface area contributed by atoms with Crippen molar-refractivity contribution >= 4 is 11.9 Å². The van der Waals surface area contributed by atoms with E-state index in [1.807, 2.05) is 0 Å². The van der Waals surface area contributed by atoms with E-state index < -0.39 is 5.97 Å².